The first-order chi connectivity index (χ1) is 16.1. The Morgan fingerprint density at radius 3 is 2.50 bits per heavy atom. The number of aryl methyl sites for hydroxylation is 1. The number of aliphatic hydroxyl groups excluding tert-OH is 1. The van der Waals surface area contributed by atoms with Crippen LogP contribution >= 0.6 is 0 Å². The molecular weight excluding hydrogens is 456 g/mol. The molecule has 1 aliphatic heterocycles. The predicted molar refractivity (Wildman–Crippen MR) is 130 cm³/mol. The molecule has 2 aromatic rings. The maximum Gasteiger partial charge on any atom is 0.248 e. The Balaban J connectivity index is 2.08. The molecule has 0 aromatic heterocycles. The number of aliphatic hydroxyl groups is 1. The number of ether oxygens (including phenoxy) is 2. The Kier molecular flexibility index (Phi) is 8.35. The van der Waals surface area contributed by atoms with E-state index in [4.69, 9.17) is 9.47 Å². The van der Waals surface area contributed by atoms with Crippen LogP contribution in [0.3, 0.4) is 0 Å². The first kappa shape index (κ1) is 26.2. The molecule has 0 unspecified atom stereocenters. The van der Waals surface area contributed by atoms with Gasteiger partial charge in [0.25, 0.3) is 0 Å². The van der Waals surface area contributed by atoms with Crippen molar-refractivity contribution in [1.29, 1.82) is 0 Å². The summed E-state index contributed by atoms with van der Waals surface area (Å²) in [5.41, 5.74) is 2.89. The van der Waals surface area contributed by atoms with Gasteiger partial charge in [0.1, 0.15) is 23.4 Å². The Bertz CT molecular complexity index is 1100. The molecule has 0 radical (unpaired) electrons. The Hall–Kier alpha value is -2.46. The van der Waals surface area contributed by atoms with Crippen LogP contribution in [0, 0.1) is 12.8 Å². The molecule has 1 N–H and O–H groups in total. The van der Waals surface area contributed by atoms with E-state index in [1.165, 1.54) is 16.3 Å². The molecule has 0 bridgehead atoms. The minimum atomic E-state index is -3.92. The van der Waals surface area contributed by atoms with Gasteiger partial charge in [-0.15, -0.1) is 0 Å². The summed E-state index contributed by atoms with van der Waals surface area (Å²) in [7, 11) is -0.789. The number of sulfonamides is 1. The summed E-state index contributed by atoms with van der Waals surface area (Å²) < 4.78 is 39.8. The quantitative estimate of drug-likeness (QED) is 0.641. The fourth-order valence-corrected chi connectivity index (χ4v) is 5.80. The zero-order chi connectivity index (χ0) is 25.0. The predicted octanol–water partition coefficient (Wildman–Crippen LogP) is 2.54. The average molecular weight is 491 g/mol. The molecule has 0 saturated heterocycles. The fourth-order valence-electron chi connectivity index (χ4n) is 3.97. The molecule has 0 aliphatic carbocycles. The molecule has 34 heavy (non-hydrogen) atoms. The van der Waals surface area contributed by atoms with Crippen molar-refractivity contribution in [2.24, 2.45) is 5.92 Å². The third kappa shape index (κ3) is 5.60. The number of nitrogens with zero attached hydrogens (tertiary/aromatic N) is 2. The van der Waals surface area contributed by atoms with E-state index in [0.29, 0.717) is 0 Å². The van der Waals surface area contributed by atoms with E-state index in [0.717, 1.165) is 16.7 Å². The average Bonchev–Trinajstić information content (AvgIpc) is 2.81. The van der Waals surface area contributed by atoms with E-state index in [2.05, 4.69) is 0 Å². The highest BCUT2D eigenvalue weighted by Crippen LogP contribution is 2.36. The fraction of sp³-hybridized carbons (Fsp3) is 0.480. The minimum Gasteiger partial charge on any atom is -0.487 e. The highest BCUT2D eigenvalue weighted by atomic mass is 32.2. The van der Waals surface area contributed by atoms with Crippen LogP contribution < -0.4 is 4.74 Å². The maximum absolute atomic E-state index is 13.6. The van der Waals surface area contributed by atoms with Crippen LogP contribution in [0.4, 0.5) is 0 Å². The number of carbonyl (C=O) groups is 1. The first-order valence-electron chi connectivity index (χ1n) is 11.3. The van der Waals surface area contributed by atoms with Gasteiger partial charge in [0.05, 0.1) is 13.2 Å². The molecule has 2 aromatic carbocycles. The van der Waals surface area contributed by atoms with Gasteiger partial charge in [0.15, 0.2) is 0 Å². The van der Waals surface area contributed by atoms with Gasteiger partial charge in [-0.25, -0.2) is 8.42 Å². The van der Waals surface area contributed by atoms with Crippen LogP contribution in [-0.2, 0) is 19.6 Å². The van der Waals surface area contributed by atoms with Gasteiger partial charge in [-0.05, 0) is 37.1 Å². The van der Waals surface area contributed by atoms with Crippen molar-refractivity contribution >= 4 is 15.9 Å². The Labute approximate surface area is 202 Å². The van der Waals surface area contributed by atoms with Crippen molar-refractivity contribution in [3.05, 3.63) is 48.0 Å². The number of carbonyl (C=O) groups excluding carboxylic acids is 1. The largest absolute Gasteiger partial charge is 0.487 e. The van der Waals surface area contributed by atoms with Gasteiger partial charge in [-0.1, -0.05) is 42.8 Å². The number of hydrogen-bond donors (Lipinski definition) is 1. The van der Waals surface area contributed by atoms with Crippen LogP contribution in [-0.4, -0.2) is 81.2 Å². The van der Waals surface area contributed by atoms with E-state index in [-0.39, 0.29) is 48.8 Å². The molecule has 8 nitrogen and oxygen atoms in total. The van der Waals surface area contributed by atoms with Gasteiger partial charge in [-0.3, -0.25) is 4.79 Å². The molecule has 0 saturated carbocycles. The summed E-state index contributed by atoms with van der Waals surface area (Å²) in [6.45, 7) is 5.63. The molecule has 0 spiro atoms. The summed E-state index contributed by atoms with van der Waals surface area (Å²) in [6.07, 6.45) is -0.471. The lowest BCUT2D eigenvalue weighted by Crippen LogP contribution is -2.50. The summed E-state index contributed by atoms with van der Waals surface area (Å²) in [4.78, 5) is 13.9. The normalized spacial score (nSPS) is 21.0. The Morgan fingerprint density at radius 2 is 1.88 bits per heavy atom. The van der Waals surface area contributed by atoms with E-state index in [1.54, 1.807) is 32.2 Å². The van der Waals surface area contributed by atoms with Gasteiger partial charge < -0.3 is 19.5 Å². The highest BCUT2D eigenvalue weighted by molar-refractivity contribution is 7.89. The van der Waals surface area contributed by atoms with E-state index < -0.39 is 22.2 Å². The number of fused-ring (bicyclic) bond motifs is 1. The molecule has 1 amide bonds. The lowest BCUT2D eigenvalue weighted by Gasteiger charge is -2.37. The number of hydrogen-bond acceptors (Lipinski definition) is 6. The second-order valence-corrected chi connectivity index (χ2v) is 10.8. The molecule has 1 aliphatic rings. The molecule has 9 heteroatoms. The molecule has 3 rings (SSSR count). The minimum absolute atomic E-state index is 0.0476. The van der Waals surface area contributed by atoms with Gasteiger partial charge in [0.2, 0.25) is 15.9 Å². The SMILES string of the molecule is COCC(=O)N(C)C[C@@H]1Oc2cc(-c3ccc(C)cc3)ccc2S(=O)(=O)N([C@H](C)CO)C[C@H]1C. The van der Waals surface area contributed by atoms with Gasteiger partial charge >= 0.3 is 0 Å². The van der Waals surface area contributed by atoms with E-state index in [9.17, 15) is 18.3 Å². The number of likely N-dealkylation sites (N-methyl/N-ethyl adjacent to an activating group) is 1. The van der Waals surface area contributed by atoms with Gasteiger partial charge in [-0.2, -0.15) is 4.31 Å². The topological polar surface area (TPSA) is 96.4 Å². The summed E-state index contributed by atoms with van der Waals surface area (Å²) in [6, 6.07) is 12.4. The molecular formula is C25H34N2O6S. The van der Waals surface area contributed by atoms with Crippen LogP contribution in [0.1, 0.15) is 19.4 Å². The third-order valence-corrected chi connectivity index (χ3v) is 8.22. The van der Waals surface area contributed by atoms with E-state index >= 15 is 0 Å². The molecule has 0 fully saturated rings. The second-order valence-electron chi connectivity index (χ2n) is 8.97. The van der Waals surface area contributed by atoms with Crippen molar-refractivity contribution in [2.75, 3.05) is 40.5 Å². The smallest absolute Gasteiger partial charge is 0.248 e. The second kappa shape index (κ2) is 10.9. The monoisotopic (exact) mass is 490 g/mol. The lowest BCUT2D eigenvalue weighted by molar-refractivity contribution is -0.135. The van der Waals surface area contributed by atoms with Gasteiger partial charge in [0, 0.05) is 32.7 Å². The molecule has 3 atom stereocenters. The first-order valence-corrected chi connectivity index (χ1v) is 12.8. The lowest BCUT2D eigenvalue weighted by atomic mass is 10.0. The van der Waals surface area contributed by atoms with Crippen molar-refractivity contribution < 1.29 is 27.8 Å². The number of amides is 1. The zero-order valence-electron chi connectivity index (χ0n) is 20.4. The summed E-state index contributed by atoms with van der Waals surface area (Å²) in [5, 5.41) is 9.77. The standard InChI is InChI=1S/C25H34N2O6S/c1-17-6-8-20(9-7-17)21-10-11-24-22(12-21)33-23(14-26(4)25(29)16-32-5)18(2)13-27(19(3)15-28)34(24,30)31/h6-12,18-19,23,28H,13-16H2,1-5H3/t18-,19-,23+/m1/s1. The van der Waals surface area contributed by atoms with Crippen molar-refractivity contribution in [1.82, 2.24) is 9.21 Å². The molecule has 186 valence electrons. The van der Waals surface area contributed by atoms with Crippen LogP contribution in [0.25, 0.3) is 11.1 Å². The van der Waals surface area contributed by atoms with E-state index in [1.807, 2.05) is 38.1 Å². The van der Waals surface area contributed by atoms with Crippen molar-refractivity contribution in [2.45, 2.75) is 37.8 Å². The van der Waals surface area contributed by atoms with Crippen LogP contribution in [0.5, 0.6) is 5.75 Å². The number of methoxy groups -OCH3 is 1. The summed E-state index contributed by atoms with van der Waals surface area (Å²) in [5.74, 6) is -0.211. The van der Waals surface area contributed by atoms with Crippen LogP contribution in [0.15, 0.2) is 47.4 Å². The zero-order valence-corrected chi connectivity index (χ0v) is 21.2. The highest BCUT2D eigenvalue weighted by Gasteiger charge is 2.38. The van der Waals surface area contributed by atoms with Crippen molar-refractivity contribution in [3.8, 4) is 16.9 Å². The number of benzene rings is 2. The van der Waals surface area contributed by atoms with Crippen LogP contribution in [0.2, 0.25) is 0 Å². The number of rotatable bonds is 7. The third-order valence-electron chi connectivity index (χ3n) is 6.20. The summed E-state index contributed by atoms with van der Waals surface area (Å²) >= 11 is 0. The maximum atomic E-state index is 13.6. The molecule has 1 heterocycles. The van der Waals surface area contributed by atoms with Crippen molar-refractivity contribution in [3.63, 3.8) is 0 Å². The Morgan fingerprint density at radius 1 is 1.24 bits per heavy atom.